The maximum atomic E-state index is 11.1. The minimum absolute atomic E-state index is 0.0358. The van der Waals surface area contributed by atoms with Gasteiger partial charge in [0.05, 0.1) is 16.0 Å². The number of aliphatic hydroxyl groups is 1. The monoisotopic (exact) mass is 327 g/mol. The molecular formula is C14H11Cl2NO4. The van der Waals surface area contributed by atoms with Crippen molar-refractivity contribution in [1.29, 1.82) is 0 Å². The van der Waals surface area contributed by atoms with Gasteiger partial charge in [0.15, 0.2) is 0 Å². The van der Waals surface area contributed by atoms with Crippen molar-refractivity contribution >= 4 is 28.9 Å². The summed E-state index contributed by atoms with van der Waals surface area (Å²) >= 11 is 11.8. The number of halogens is 2. The molecule has 21 heavy (non-hydrogen) atoms. The number of ether oxygens (including phenoxy) is 1. The highest BCUT2D eigenvalue weighted by molar-refractivity contribution is 6.35. The molecule has 2 aromatic rings. The Morgan fingerprint density at radius 2 is 1.86 bits per heavy atom. The van der Waals surface area contributed by atoms with E-state index < -0.39 is 11.0 Å². The van der Waals surface area contributed by atoms with Gasteiger partial charge in [-0.2, -0.15) is 0 Å². The predicted octanol–water partition coefficient (Wildman–Crippen LogP) is 4.75. The molecule has 1 atom stereocenters. The van der Waals surface area contributed by atoms with Crippen molar-refractivity contribution < 1.29 is 14.8 Å². The number of nitro groups is 1. The quantitative estimate of drug-likeness (QED) is 0.649. The lowest BCUT2D eigenvalue weighted by Crippen LogP contribution is -1.97. The van der Waals surface area contributed by atoms with Crippen LogP contribution in [0.1, 0.15) is 18.6 Å². The second kappa shape index (κ2) is 6.30. The summed E-state index contributed by atoms with van der Waals surface area (Å²) in [5.41, 5.74) is 0.177. The summed E-state index contributed by atoms with van der Waals surface area (Å²) in [6, 6.07) is 8.82. The first-order valence-corrected chi connectivity index (χ1v) is 6.73. The highest BCUT2D eigenvalue weighted by atomic mass is 35.5. The summed E-state index contributed by atoms with van der Waals surface area (Å²) in [7, 11) is 0. The molecule has 0 heterocycles. The van der Waals surface area contributed by atoms with Crippen LogP contribution in [-0.4, -0.2) is 10.0 Å². The van der Waals surface area contributed by atoms with Crippen LogP contribution in [0.15, 0.2) is 36.4 Å². The van der Waals surface area contributed by atoms with Crippen LogP contribution in [0.3, 0.4) is 0 Å². The number of nitrogens with zero attached hydrogens (tertiary/aromatic N) is 1. The smallest absolute Gasteiger partial charge is 0.311 e. The normalized spacial score (nSPS) is 12.0. The van der Waals surface area contributed by atoms with Crippen LogP contribution in [0.4, 0.5) is 5.69 Å². The third-order valence-corrected chi connectivity index (χ3v) is 3.31. The van der Waals surface area contributed by atoms with E-state index in [1.54, 1.807) is 12.1 Å². The standard InChI is InChI=1S/C14H11Cl2NO4/c1-8(18)9-2-4-14(12(6-9)17(19)20)21-13-5-3-10(15)7-11(13)16/h2-8,18H,1H3/t8-/m0/s1. The van der Waals surface area contributed by atoms with E-state index in [1.165, 1.54) is 31.2 Å². The molecule has 0 aliphatic heterocycles. The topological polar surface area (TPSA) is 72.6 Å². The van der Waals surface area contributed by atoms with E-state index in [0.717, 1.165) is 0 Å². The third-order valence-electron chi connectivity index (χ3n) is 2.78. The minimum atomic E-state index is -0.808. The molecule has 5 nitrogen and oxygen atoms in total. The molecule has 0 fully saturated rings. The second-order valence-corrected chi connectivity index (χ2v) is 5.18. The van der Waals surface area contributed by atoms with Crippen molar-refractivity contribution in [2.24, 2.45) is 0 Å². The van der Waals surface area contributed by atoms with E-state index in [0.29, 0.717) is 10.6 Å². The fourth-order valence-electron chi connectivity index (χ4n) is 1.70. The number of hydrogen-bond acceptors (Lipinski definition) is 4. The summed E-state index contributed by atoms with van der Waals surface area (Å²) in [6.45, 7) is 1.52. The summed E-state index contributed by atoms with van der Waals surface area (Å²) < 4.78 is 5.48. The predicted molar refractivity (Wildman–Crippen MR) is 80.3 cm³/mol. The van der Waals surface area contributed by atoms with E-state index >= 15 is 0 Å². The van der Waals surface area contributed by atoms with Crippen molar-refractivity contribution in [3.05, 3.63) is 62.1 Å². The Bertz CT molecular complexity index is 689. The number of aliphatic hydroxyl groups excluding tert-OH is 1. The zero-order valence-corrected chi connectivity index (χ0v) is 12.4. The van der Waals surface area contributed by atoms with Gasteiger partial charge in [-0.15, -0.1) is 0 Å². The number of rotatable bonds is 4. The molecule has 0 radical (unpaired) electrons. The molecule has 0 aromatic heterocycles. The molecule has 2 rings (SSSR count). The number of nitro benzene ring substituents is 1. The molecule has 7 heteroatoms. The first kappa shape index (κ1) is 15.6. The lowest BCUT2D eigenvalue weighted by Gasteiger charge is -2.10. The summed E-state index contributed by atoms with van der Waals surface area (Å²) in [5, 5.41) is 21.3. The lowest BCUT2D eigenvalue weighted by atomic mass is 10.1. The Balaban J connectivity index is 2.41. The highest BCUT2D eigenvalue weighted by Gasteiger charge is 2.19. The van der Waals surface area contributed by atoms with Crippen molar-refractivity contribution in [1.82, 2.24) is 0 Å². The Kier molecular flexibility index (Phi) is 4.67. The third kappa shape index (κ3) is 3.64. The van der Waals surface area contributed by atoms with Gasteiger partial charge in [-0.1, -0.05) is 29.3 Å². The molecule has 0 spiro atoms. The number of hydrogen-bond donors (Lipinski definition) is 1. The molecule has 0 saturated heterocycles. The zero-order valence-electron chi connectivity index (χ0n) is 10.9. The average molecular weight is 328 g/mol. The Morgan fingerprint density at radius 3 is 2.43 bits per heavy atom. The van der Waals surface area contributed by atoms with E-state index in [-0.39, 0.29) is 22.2 Å². The SMILES string of the molecule is C[C@H](O)c1ccc(Oc2ccc(Cl)cc2Cl)c([N+](=O)[O-])c1. The second-order valence-electron chi connectivity index (χ2n) is 4.34. The minimum Gasteiger partial charge on any atom is -0.449 e. The maximum absolute atomic E-state index is 11.1. The summed E-state index contributed by atoms with van der Waals surface area (Å²) in [5.74, 6) is 0.294. The first-order chi connectivity index (χ1) is 9.88. The van der Waals surface area contributed by atoms with Crippen LogP contribution < -0.4 is 4.74 Å². The van der Waals surface area contributed by atoms with E-state index in [2.05, 4.69) is 0 Å². The fraction of sp³-hybridized carbons (Fsp3) is 0.143. The van der Waals surface area contributed by atoms with Crippen molar-refractivity contribution in [3.63, 3.8) is 0 Å². The van der Waals surface area contributed by atoms with Crippen molar-refractivity contribution in [2.75, 3.05) is 0 Å². The summed E-state index contributed by atoms with van der Waals surface area (Å²) in [4.78, 5) is 10.5. The van der Waals surface area contributed by atoms with Crippen molar-refractivity contribution in [2.45, 2.75) is 13.0 Å². The summed E-state index contributed by atoms with van der Waals surface area (Å²) in [6.07, 6.45) is -0.808. The van der Waals surface area contributed by atoms with E-state index in [4.69, 9.17) is 27.9 Å². The average Bonchev–Trinajstić information content (AvgIpc) is 2.41. The van der Waals surface area contributed by atoms with E-state index in [9.17, 15) is 15.2 Å². The van der Waals surface area contributed by atoms with Gasteiger partial charge >= 0.3 is 5.69 Å². The Hall–Kier alpha value is -1.82. The Morgan fingerprint density at radius 1 is 1.19 bits per heavy atom. The van der Waals surface area contributed by atoms with Crippen LogP contribution in [0.5, 0.6) is 11.5 Å². The molecule has 0 saturated carbocycles. The fourth-order valence-corrected chi connectivity index (χ4v) is 2.15. The van der Waals surface area contributed by atoms with Crippen LogP contribution in [0, 0.1) is 10.1 Å². The van der Waals surface area contributed by atoms with Gasteiger partial charge in [0.25, 0.3) is 0 Å². The number of benzene rings is 2. The largest absolute Gasteiger partial charge is 0.449 e. The van der Waals surface area contributed by atoms with Crippen LogP contribution in [0.2, 0.25) is 10.0 Å². The molecule has 0 bridgehead atoms. The molecule has 2 aromatic carbocycles. The van der Waals surface area contributed by atoms with Crippen molar-refractivity contribution in [3.8, 4) is 11.5 Å². The van der Waals surface area contributed by atoms with Gasteiger partial charge < -0.3 is 9.84 Å². The van der Waals surface area contributed by atoms with Crippen LogP contribution >= 0.6 is 23.2 Å². The van der Waals surface area contributed by atoms with Crippen LogP contribution in [-0.2, 0) is 0 Å². The van der Waals surface area contributed by atoms with Gasteiger partial charge in [0, 0.05) is 11.1 Å². The van der Waals surface area contributed by atoms with Gasteiger partial charge in [-0.05, 0) is 36.8 Å². The molecule has 0 aliphatic carbocycles. The molecule has 0 amide bonds. The molecule has 0 unspecified atom stereocenters. The zero-order chi connectivity index (χ0) is 15.6. The van der Waals surface area contributed by atoms with Gasteiger partial charge in [0.1, 0.15) is 5.75 Å². The van der Waals surface area contributed by atoms with E-state index in [1.807, 2.05) is 0 Å². The van der Waals surface area contributed by atoms with Crippen LogP contribution in [0.25, 0.3) is 0 Å². The lowest BCUT2D eigenvalue weighted by molar-refractivity contribution is -0.385. The molecule has 110 valence electrons. The molecular weight excluding hydrogens is 317 g/mol. The Labute approximate surface area is 130 Å². The van der Waals surface area contributed by atoms with Gasteiger partial charge in [-0.25, -0.2) is 0 Å². The maximum Gasteiger partial charge on any atom is 0.311 e. The highest BCUT2D eigenvalue weighted by Crippen LogP contribution is 2.37. The van der Waals surface area contributed by atoms with Gasteiger partial charge in [0.2, 0.25) is 5.75 Å². The molecule has 1 N–H and O–H groups in total. The molecule has 0 aliphatic rings. The van der Waals surface area contributed by atoms with Gasteiger partial charge in [-0.3, -0.25) is 10.1 Å². The first-order valence-electron chi connectivity index (χ1n) is 5.98.